The van der Waals surface area contributed by atoms with Gasteiger partial charge in [-0.25, -0.2) is 8.42 Å². The van der Waals surface area contributed by atoms with Crippen LogP contribution in [0.2, 0.25) is 0 Å². The van der Waals surface area contributed by atoms with Gasteiger partial charge in [0.05, 0.1) is 0 Å². The molecule has 0 bridgehead atoms. The summed E-state index contributed by atoms with van der Waals surface area (Å²) >= 11 is 0. The highest BCUT2D eigenvalue weighted by atomic mass is 32.2. The fourth-order valence-electron chi connectivity index (χ4n) is 2.63. The summed E-state index contributed by atoms with van der Waals surface area (Å²) in [5.74, 6) is -0.101. The van der Waals surface area contributed by atoms with Crippen LogP contribution in [0, 0.1) is 0 Å². The average Bonchev–Trinajstić information content (AvgIpc) is 2.90. The van der Waals surface area contributed by atoms with Gasteiger partial charge < -0.3 is 9.42 Å². The number of rotatable bonds is 4. The molecule has 2 aromatic rings. The minimum absolute atomic E-state index is 0.101. The minimum Gasteiger partial charge on any atom is -0.356 e. The first-order chi connectivity index (χ1) is 10.1. The molecule has 6 nitrogen and oxygen atoms in total. The molecule has 1 aromatic heterocycles. The lowest BCUT2D eigenvalue weighted by Crippen LogP contribution is -2.48. The van der Waals surface area contributed by atoms with E-state index >= 15 is 0 Å². The SMILES string of the molecule is CCN1CCN(S(=O)(=O)Cc2noc3ccccc23)CC1. The molecule has 7 heteroatoms. The largest absolute Gasteiger partial charge is 0.356 e. The summed E-state index contributed by atoms with van der Waals surface area (Å²) in [6.07, 6.45) is 0. The van der Waals surface area contributed by atoms with Crippen molar-refractivity contribution in [2.45, 2.75) is 12.7 Å². The number of piperazine rings is 1. The van der Waals surface area contributed by atoms with Crippen LogP contribution in [-0.4, -0.2) is 55.5 Å². The molecule has 0 saturated carbocycles. The molecule has 0 atom stereocenters. The quantitative estimate of drug-likeness (QED) is 0.851. The van der Waals surface area contributed by atoms with Crippen LogP contribution in [-0.2, 0) is 15.8 Å². The van der Waals surface area contributed by atoms with E-state index in [4.69, 9.17) is 4.52 Å². The number of nitrogens with zero attached hydrogens (tertiary/aromatic N) is 3. The lowest BCUT2D eigenvalue weighted by atomic mass is 10.2. The Morgan fingerprint density at radius 2 is 1.90 bits per heavy atom. The smallest absolute Gasteiger partial charge is 0.220 e. The second-order valence-corrected chi connectivity index (χ2v) is 7.18. The van der Waals surface area contributed by atoms with Crippen molar-refractivity contribution in [3.63, 3.8) is 0 Å². The third kappa shape index (κ3) is 2.95. The van der Waals surface area contributed by atoms with Crippen LogP contribution >= 0.6 is 0 Å². The number of para-hydroxylation sites is 1. The van der Waals surface area contributed by atoms with Gasteiger partial charge in [0.1, 0.15) is 11.4 Å². The normalized spacial score (nSPS) is 18.3. The number of aromatic nitrogens is 1. The maximum Gasteiger partial charge on any atom is 0.220 e. The van der Waals surface area contributed by atoms with Crippen molar-refractivity contribution in [3.8, 4) is 0 Å². The van der Waals surface area contributed by atoms with E-state index in [1.807, 2.05) is 18.2 Å². The highest BCUT2D eigenvalue weighted by Crippen LogP contribution is 2.21. The van der Waals surface area contributed by atoms with Gasteiger partial charge >= 0.3 is 0 Å². The second kappa shape index (κ2) is 5.75. The number of likely N-dealkylation sites (N-methyl/N-ethyl adjacent to an activating group) is 1. The second-order valence-electron chi connectivity index (χ2n) is 5.21. The zero-order chi connectivity index (χ0) is 14.9. The first-order valence-electron chi connectivity index (χ1n) is 7.13. The molecule has 0 aliphatic carbocycles. The standard InChI is InChI=1S/C14H19N3O3S/c1-2-16-7-9-17(10-8-16)21(18,19)11-13-12-5-3-4-6-14(12)20-15-13/h3-6H,2,7-11H2,1H3. The summed E-state index contributed by atoms with van der Waals surface area (Å²) in [7, 11) is -3.35. The van der Waals surface area contributed by atoms with E-state index in [0.29, 0.717) is 24.4 Å². The average molecular weight is 309 g/mol. The van der Waals surface area contributed by atoms with Crippen molar-refractivity contribution in [3.05, 3.63) is 30.0 Å². The van der Waals surface area contributed by atoms with Gasteiger partial charge in [0.2, 0.25) is 10.0 Å². The Labute approximate surface area is 124 Å². The fraction of sp³-hybridized carbons (Fsp3) is 0.500. The van der Waals surface area contributed by atoms with Crippen molar-refractivity contribution >= 4 is 21.0 Å². The summed E-state index contributed by atoms with van der Waals surface area (Å²) in [6, 6.07) is 7.33. The molecule has 2 heterocycles. The maximum atomic E-state index is 12.5. The molecule has 1 aliphatic heterocycles. The van der Waals surface area contributed by atoms with Crippen molar-refractivity contribution in [1.29, 1.82) is 0 Å². The summed E-state index contributed by atoms with van der Waals surface area (Å²) in [5.41, 5.74) is 1.11. The Hall–Kier alpha value is -1.44. The van der Waals surface area contributed by atoms with Crippen LogP contribution in [0.3, 0.4) is 0 Å². The summed E-state index contributed by atoms with van der Waals surface area (Å²) in [5, 5.41) is 4.69. The summed E-state index contributed by atoms with van der Waals surface area (Å²) in [6.45, 7) is 5.72. The monoisotopic (exact) mass is 309 g/mol. The first kappa shape index (κ1) is 14.5. The zero-order valence-corrected chi connectivity index (χ0v) is 12.8. The minimum atomic E-state index is -3.35. The summed E-state index contributed by atoms with van der Waals surface area (Å²) in [4.78, 5) is 2.25. The highest BCUT2D eigenvalue weighted by Gasteiger charge is 2.28. The number of hydrogen-bond acceptors (Lipinski definition) is 5. The molecule has 0 amide bonds. The van der Waals surface area contributed by atoms with E-state index in [1.165, 1.54) is 0 Å². The van der Waals surface area contributed by atoms with E-state index < -0.39 is 10.0 Å². The van der Waals surface area contributed by atoms with Gasteiger partial charge in [0.15, 0.2) is 5.58 Å². The number of hydrogen-bond donors (Lipinski definition) is 0. The van der Waals surface area contributed by atoms with Crippen molar-refractivity contribution in [1.82, 2.24) is 14.4 Å². The van der Waals surface area contributed by atoms with Crippen LogP contribution in [0.15, 0.2) is 28.8 Å². The lowest BCUT2D eigenvalue weighted by Gasteiger charge is -2.33. The molecule has 0 spiro atoms. The molecule has 114 valence electrons. The molecule has 1 fully saturated rings. The van der Waals surface area contributed by atoms with E-state index in [1.54, 1.807) is 10.4 Å². The van der Waals surface area contributed by atoms with E-state index in [9.17, 15) is 8.42 Å². The molecule has 0 N–H and O–H groups in total. The molecular formula is C14H19N3O3S. The molecule has 0 radical (unpaired) electrons. The fourth-order valence-corrected chi connectivity index (χ4v) is 4.09. The van der Waals surface area contributed by atoms with Crippen LogP contribution in [0.25, 0.3) is 11.0 Å². The van der Waals surface area contributed by atoms with Crippen LogP contribution in [0.4, 0.5) is 0 Å². The van der Waals surface area contributed by atoms with Crippen molar-refractivity contribution in [2.24, 2.45) is 0 Å². The Morgan fingerprint density at radius 1 is 1.19 bits per heavy atom. The molecule has 1 aliphatic rings. The maximum absolute atomic E-state index is 12.5. The Kier molecular flexibility index (Phi) is 3.97. The number of sulfonamides is 1. The zero-order valence-electron chi connectivity index (χ0n) is 12.0. The van der Waals surface area contributed by atoms with Gasteiger partial charge in [0, 0.05) is 31.6 Å². The van der Waals surface area contributed by atoms with Gasteiger partial charge in [-0.15, -0.1) is 0 Å². The van der Waals surface area contributed by atoms with Gasteiger partial charge in [-0.2, -0.15) is 4.31 Å². The summed E-state index contributed by atoms with van der Waals surface area (Å²) < 4.78 is 31.8. The molecule has 0 unspecified atom stereocenters. The predicted octanol–water partition coefficient (Wildman–Crippen LogP) is 1.30. The van der Waals surface area contributed by atoms with Crippen molar-refractivity contribution in [2.75, 3.05) is 32.7 Å². The van der Waals surface area contributed by atoms with Crippen molar-refractivity contribution < 1.29 is 12.9 Å². The molecule has 21 heavy (non-hydrogen) atoms. The Bertz CT molecular complexity index is 718. The molecule has 1 saturated heterocycles. The lowest BCUT2D eigenvalue weighted by molar-refractivity contribution is 0.196. The van der Waals surface area contributed by atoms with Gasteiger partial charge in [0.25, 0.3) is 0 Å². The van der Waals surface area contributed by atoms with E-state index in [2.05, 4.69) is 17.0 Å². The topological polar surface area (TPSA) is 66.7 Å². The van der Waals surface area contributed by atoms with E-state index in [-0.39, 0.29) is 5.75 Å². The van der Waals surface area contributed by atoms with Crippen LogP contribution in [0.1, 0.15) is 12.6 Å². The Morgan fingerprint density at radius 3 is 2.62 bits per heavy atom. The van der Waals surface area contributed by atoms with E-state index in [0.717, 1.165) is 25.0 Å². The number of benzene rings is 1. The van der Waals surface area contributed by atoms with Gasteiger partial charge in [-0.1, -0.05) is 24.2 Å². The molecule has 3 rings (SSSR count). The van der Waals surface area contributed by atoms with Crippen LogP contribution < -0.4 is 0 Å². The molecular weight excluding hydrogens is 290 g/mol. The first-order valence-corrected chi connectivity index (χ1v) is 8.74. The highest BCUT2D eigenvalue weighted by molar-refractivity contribution is 7.88. The Balaban J connectivity index is 1.77. The van der Waals surface area contributed by atoms with Crippen LogP contribution in [0.5, 0.6) is 0 Å². The van der Waals surface area contributed by atoms with Gasteiger partial charge in [-0.3, -0.25) is 0 Å². The number of fused-ring (bicyclic) bond motifs is 1. The third-order valence-corrected chi connectivity index (χ3v) is 5.73. The predicted molar refractivity (Wildman–Crippen MR) is 80.3 cm³/mol. The van der Waals surface area contributed by atoms with Gasteiger partial charge in [-0.05, 0) is 18.7 Å². The molecule has 1 aromatic carbocycles. The third-order valence-electron chi connectivity index (χ3n) is 3.94.